The van der Waals surface area contributed by atoms with Crippen LogP contribution < -0.4 is 10.1 Å². The Morgan fingerprint density at radius 3 is 2.67 bits per heavy atom. The van der Waals surface area contributed by atoms with E-state index < -0.39 is 12.7 Å². The molecule has 1 atom stereocenters. The van der Waals surface area contributed by atoms with Crippen molar-refractivity contribution in [2.24, 2.45) is 10.9 Å². The van der Waals surface area contributed by atoms with Gasteiger partial charge in [-0.1, -0.05) is 13.0 Å². The number of likely N-dealkylation sites (tertiary alicyclic amines) is 1. The first-order valence-electron chi connectivity index (χ1n) is 9.94. The van der Waals surface area contributed by atoms with Gasteiger partial charge in [0.2, 0.25) is 0 Å². The number of alkyl halides is 3. The van der Waals surface area contributed by atoms with Gasteiger partial charge < -0.3 is 20.1 Å². The molecule has 1 aromatic rings. The normalized spacial score (nSPS) is 17.2. The number of phenols is 1. The molecule has 6 nitrogen and oxygen atoms in total. The molecule has 1 aromatic carbocycles. The number of phenolic OH excluding ortho intramolecular Hbond substituents is 1. The molecule has 0 bridgehead atoms. The number of benzene rings is 1. The first kappa shape index (κ1) is 26.6. The first-order valence-corrected chi connectivity index (χ1v) is 9.94. The highest BCUT2D eigenvalue weighted by Crippen LogP contribution is 2.26. The maximum absolute atomic E-state index is 12.7. The minimum Gasteiger partial charge on any atom is -0.504 e. The number of aliphatic imine (C=N–C) groups is 1. The third-order valence-corrected chi connectivity index (χ3v) is 4.94. The van der Waals surface area contributed by atoms with Gasteiger partial charge in [-0.05, 0) is 43.5 Å². The van der Waals surface area contributed by atoms with Gasteiger partial charge in [0.25, 0.3) is 0 Å². The summed E-state index contributed by atoms with van der Waals surface area (Å²) in [5.74, 6) is 1.39. The van der Waals surface area contributed by atoms with E-state index >= 15 is 0 Å². The summed E-state index contributed by atoms with van der Waals surface area (Å²) >= 11 is 0. The predicted molar refractivity (Wildman–Crippen MR) is 123 cm³/mol. The third kappa shape index (κ3) is 8.37. The summed E-state index contributed by atoms with van der Waals surface area (Å²) in [5.41, 5.74) is 0.844. The minimum atomic E-state index is -4.17. The van der Waals surface area contributed by atoms with Crippen LogP contribution in [0, 0.1) is 5.92 Å². The quantitative estimate of drug-likeness (QED) is 0.297. The lowest BCUT2D eigenvalue weighted by atomic mass is 10.1. The molecule has 172 valence electrons. The minimum absolute atomic E-state index is 0. The number of methoxy groups -OCH3 is 1. The Kier molecular flexibility index (Phi) is 11.0. The van der Waals surface area contributed by atoms with Crippen LogP contribution in [0.2, 0.25) is 0 Å². The molecule has 0 aliphatic carbocycles. The van der Waals surface area contributed by atoms with Gasteiger partial charge in [0.05, 0.1) is 20.2 Å². The number of nitrogens with one attached hydrogen (secondary N) is 1. The summed E-state index contributed by atoms with van der Waals surface area (Å²) in [5, 5.41) is 13.2. The van der Waals surface area contributed by atoms with Gasteiger partial charge >= 0.3 is 6.18 Å². The lowest BCUT2D eigenvalue weighted by Crippen LogP contribution is -2.41. The highest BCUT2D eigenvalue weighted by molar-refractivity contribution is 14.0. The first-order chi connectivity index (χ1) is 13.8. The average Bonchev–Trinajstić information content (AvgIpc) is 3.12. The van der Waals surface area contributed by atoms with Crippen LogP contribution in [0.3, 0.4) is 0 Å². The number of nitrogens with zero attached hydrogens (tertiary/aromatic N) is 3. The van der Waals surface area contributed by atoms with Crippen molar-refractivity contribution in [2.45, 2.75) is 33.0 Å². The number of hydrogen-bond acceptors (Lipinski definition) is 4. The standard InChI is InChI=1S/C20H31F3N4O2.HI/c1-4-24-19(25-11-15-6-7-18(29-3)17(28)10-15)27-9-8-16(13-27)12-26(5-2)14-20(21,22)23;/h6-7,10,16,28H,4-5,8-9,11-14H2,1-3H3,(H,24,25);1H. The number of guanidine groups is 1. The van der Waals surface area contributed by atoms with Crippen LogP contribution in [0.5, 0.6) is 11.5 Å². The van der Waals surface area contributed by atoms with E-state index in [1.807, 2.05) is 13.0 Å². The summed E-state index contributed by atoms with van der Waals surface area (Å²) < 4.78 is 43.2. The second-order valence-electron chi connectivity index (χ2n) is 7.22. The molecule has 0 amide bonds. The van der Waals surface area contributed by atoms with Gasteiger partial charge in [0.1, 0.15) is 0 Å². The molecule has 30 heavy (non-hydrogen) atoms. The molecule has 1 aliphatic rings. The van der Waals surface area contributed by atoms with Gasteiger partial charge in [-0.25, -0.2) is 4.99 Å². The van der Waals surface area contributed by atoms with Crippen LogP contribution >= 0.6 is 24.0 Å². The van der Waals surface area contributed by atoms with Gasteiger partial charge in [0, 0.05) is 26.2 Å². The fourth-order valence-electron chi connectivity index (χ4n) is 3.52. The Hall–Kier alpha value is -1.43. The predicted octanol–water partition coefficient (Wildman–Crippen LogP) is 3.69. The van der Waals surface area contributed by atoms with Crippen LogP contribution in [0.1, 0.15) is 25.8 Å². The van der Waals surface area contributed by atoms with E-state index in [0.29, 0.717) is 38.5 Å². The largest absolute Gasteiger partial charge is 0.504 e. The Balaban J connectivity index is 0.00000450. The lowest BCUT2D eigenvalue weighted by molar-refractivity contribution is -0.146. The van der Waals surface area contributed by atoms with E-state index in [1.54, 1.807) is 19.1 Å². The molecule has 1 fully saturated rings. The van der Waals surface area contributed by atoms with E-state index in [1.165, 1.54) is 12.0 Å². The SMILES string of the molecule is CCNC(=NCc1ccc(OC)c(O)c1)N1CCC(CN(CC)CC(F)(F)F)C1.I. The molecule has 0 spiro atoms. The van der Waals surface area contributed by atoms with E-state index in [-0.39, 0.29) is 35.6 Å². The van der Waals surface area contributed by atoms with E-state index in [0.717, 1.165) is 24.5 Å². The van der Waals surface area contributed by atoms with Crippen molar-refractivity contribution < 1.29 is 23.0 Å². The average molecular weight is 544 g/mol. The molecule has 0 aromatic heterocycles. The van der Waals surface area contributed by atoms with E-state index in [2.05, 4.69) is 15.2 Å². The van der Waals surface area contributed by atoms with Crippen molar-refractivity contribution >= 4 is 29.9 Å². The van der Waals surface area contributed by atoms with Gasteiger partial charge in [-0.15, -0.1) is 24.0 Å². The van der Waals surface area contributed by atoms with Crippen LogP contribution in [0.4, 0.5) is 13.2 Å². The van der Waals surface area contributed by atoms with Crippen molar-refractivity contribution in [1.29, 1.82) is 0 Å². The summed E-state index contributed by atoms with van der Waals surface area (Å²) in [6.07, 6.45) is -3.34. The highest BCUT2D eigenvalue weighted by Gasteiger charge is 2.33. The van der Waals surface area contributed by atoms with E-state index in [9.17, 15) is 18.3 Å². The molecule has 2 N–H and O–H groups in total. The summed E-state index contributed by atoms with van der Waals surface area (Å²) in [7, 11) is 1.49. The van der Waals surface area contributed by atoms with Crippen LogP contribution in [-0.2, 0) is 6.54 Å². The molecule has 0 saturated carbocycles. The van der Waals surface area contributed by atoms with Crippen LogP contribution in [0.25, 0.3) is 0 Å². The number of halogens is 4. The van der Waals surface area contributed by atoms with Crippen molar-refractivity contribution in [3.05, 3.63) is 23.8 Å². The number of hydrogen-bond donors (Lipinski definition) is 2. The van der Waals surface area contributed by atoms with E-state index in [4.69, 9.17) is 4.74 Å². The number of rotatable bonds is 8. The molecular formula is C20H32F3IN4O2. The van der Waals surface area contributed by atoms with Crippen molar-refractivity contribution in [3.63, 3.8) is 0 Å². The topological polar surface area (TPSA) is 60.3 Å². The highest BCUT2D eigenvalue weighted by atomic mass is 127. The molecule has 1 saturated heterocycles. The zero-order valence-corrected chi connectivity index (χ0v) is 20.0. The molecule has 10 heteroatoms. The fourth-order valence-corrected chi connectivity index (χ4v) is 3.52. The molecule has 1 heterocycles. The van der Waals surface area contributed by atoms with Gasteiger partial charge in [0.15, 0.2) is 17.5 Å². The molecule has 1 unspecified atom stereocenters. The number of ether oxygens (including phenoxy) is 1. The second-order valence-corrected chi connectivity index (χ2v) is 7.22. The Labute approximate surface area is 193 Å². The maximum atomic E-state index is 12.7. The van der Waals surface area contributed by atoms with Gasteiger partial charge in [-0.3, -0.25) is 4.90 Å². The summed E-state index contributed by atoms with van der Waals surface area (Å²) in [6, 6.07) is 5.16. The Morgan fingerprint density at radius 2 is 2.10 bits per heavy atom. The second kappa shape index (κ2) is 12.4. The molecule has 0 radical (unpaired) electrons. The monoisotopic (exact) mass is 544 g/mol. The summed E-state index contributed by atoms with van der Waals surface area (Å²) in [6.45, 7) is 6.19. The van der Waals surface area contributed by atoms with Crippen molar-refractivity contribution in [3.8, 4) is 11.5 Å². The lowest BCUT2D eigenvalue weighted by Gasteiger charge is -2.26. The molecule has 1 aliphatic heterocycles. The smallest absolute Gasteiger partial charge is 0.401 e. The van der Waals surface area contributed by atoms with Crippen molar-refractivity contribution in [1.82, 2.24) is 15.1 Å². The van der Waals surface area contributed by atoms with Gasteiger partial charge in [-0.2, -0.15) is 13.2 Å². The maximum Gasteiger partial charge on any atom is 0.401 e. The molecule has 2 rings (SSSR count). The summed E-state index contributed by atoms with van der Waals surface area (Å²) in [4.78, 5) is 8.19. The zero-order chi connectivity index (χ0) is 21.4. The van der Waals surface area contributed by atoms with Crippen molar-refractivity contribution in [2.75, 3.05) is 46.4 Å². The van der Waals surface area contributed by atoms with Crippen LogP contribution in [0.15, 0.2) is 23.2 Å². The Morgan fingerprint density at radius 1 is 1.37 bits per heavy atom. The zero-order valence-electron chi connectivity index (χ0n) is 17.7. The number of aromatic hydroxyl groups is 1. The third-order valence-electron chi connectivity index (χ3n) is 4.94. The fraction of sp³-hybridized carbons (Fsp3) is 0.650. The Bertz CT molecular complexity index is 689. The molecular weight excluding hydrogens is 512 g/mol. The van der Waals surface area contributed by atoms with Crippen LogP contribution in [-0.4, -0.2) is 73.4 Å².